The van der Waals surface area contributed by atoms with Crippen LogP contribution in [0.2, 0.25) is 0 Å². The van der Waals surface area contributed by atoms with Gasteiger partial charge in [0.25, 0.3) is 0 Å². The maximum atomic E-state index is 4.13. The maximum Gasteiger partial charge on any atom is 0.0311 e. The van der Waals surface area contributed by atoms with E-state index >= 15 is 0 Å². The molecule has 2 heteroatoms. The lowest BCUT2D eigenvalue weighted by molar-refractivity contribution is 0.437. The van der Waals surface area contributed by atoms with Crippen LogP contribution in [0.25, 0.3) is 0 Å². The first-order valence-corrected chi connectivity index (χ1v) is 4.29. The molecule has 0 unspecified atom stereocenters. The summed E-state index contributed by atoms with van der Waals surface area (Å²) < 4.78 is 0. The highest BCUT2D eigenvalue weighted by Gasteiger charge is 2.16. The van der Waals surface area contributed by atoms with E-state index in [1.54, 1.807) is 0 Å². The first-order valence-electron chi connectivity index (χ1n) is 4.29. The predicted molar refractivity (Wildman–Crippen MR) is 53.5 cm³/mol. The summed E-state index contributed by atoms with van der Waals surface area (Å²) in [5.74, 6) is 0. The third-order valence-electron chi connectivity index (χ3n) is 2.02. The smallest absolute Gasteiger partial charge is 0.0311 e. The van der Waals surface area contributed by atoms with Crippen LogP contribution in [0.3, 0.4) is 0 Å². The summed E-state index contributed by atoms with van der Waals surface area (Å²) >= 11 is 0. The molecule has 0 aromatic rings. The van der Waals surface area contributed by atoms with Gasteiger partial charge >= 0.3 is 0 Å². The largest absolute Gasteiger partial charge is 0.298 e. The van der Waals surface area contributed by atoms with E-state index in [2.05, 4.69) is 29.9 Å². The van der Waals surface area contributed by atoms with Crippen molar-refractivity contribution in [3.05, 3.63) is 23.4 Å². The van der Waals surface area contributed by atoms with E-state index in [1.165, 1.54) is 11.1 Å². The molecule has 0 saturated carbocycles. The highest BCUT2D eigenvalue weighted by Crippen LogP contribution is 2.19. The van der Waals surface area contributed by atoms with Gasteiger partial charge in [-0.3, -0.25) is 9.89 Å². The molecular formula is C10H16N2. The Morgan fingerprint density at radius 3 is 2.50 bits per heavy atom. The van der Waals surface area contributed by atoms with E-state index in [1.807, 2.05) is 19.3 Å². The molecule has 1 saturated heterocycles. The summed E-state index contributed by atoms with van der Waals surface area (Å²) in [5.41, 5.74) is 2.75. The van der Waals surface area contributed by atoms with Gasteiger partial charge in [0, 0.05) is 25.5 Å². The summed E-state index contributed by atoms with van der Waals surface area (Å²) in [7, 11) is 2.12. The van der Waals surface area contributed by atoms with Crippen LogP contribution < -0.4 is 0 Å². The SMILES string of the molecule is CC=N/C=C1/CN(C)C/C1=C/C. The molecule has 0 aliphatic carbocycles. The van der Waals surface area contributed by atoms with E-state index in [0.717, 1.165) is 13.1 Å². The van der Waals surface area contributed by atoms with Crippen molar-refractivity contribution in [3.63, 3.8) is 0 Å². The summed E-state index contributed by atoms with van der Waals surface area (Å²) in [4.78, 5) is 6.42. The lowest BCUT2D eigenvalue weighted by Crippen LogP contribution is -2.11. The van der Waals surface area contributed by atoms with Gasteiger partial charge in [-0.05, 0) is 32.0 Å². The van der Waals surface area contributed by atoms with Crippen molar-refractivity contribution < 1.29 is 0 Å². The molecule has 0 radical (unpaired) electrons. The minimum absolute atomic E-state index is 1.02. The number of hydrogen-bond donors (Lipinski definition) is 0. The van der Waals surface area contributed by atoms with Gasteiger partial charge in [0.2, 0.25) is 0 Å². The molecule has 0 amide bonds. The standard InChI is InChI=1S/C10H16N2/c1-4-9-7-12(3)8-10(9)6-11-5-2/h4-6H,7-8H2,1-3H3/b9-4-,10-6-,11-5?. The topological polar surface area (TPSA) is 15.6 Å². The summed E-state index contributed by atoms with van der Waals surface area (Å²) in [6, 6.07) is 0. The van der Waals surface area contributed by atoms with Crippen molar-refractivity contribution >= 4 is 6.21 Å². The Balaban J connectivity index is 2.77. The Hall–Kier alpha value is -0.890. The van der Waals surface area contributed by atoms with Crippen LogP contribution in [0.5, 0.6) is 0 Å². The van der Waals surface area contributed by atoms with Gasteiger partial charge in [-0.15, -0.1) is 0 Å². The molecule has 66 valence electrons. The monoisotopic (exact) mass is 164 g/mol. The Morgan fingerprint density at radius 2 is 1.92 bits per heavy atom. The zero-order chi connectivity index (χ0) is 8.97. The van der Waals surface area contributed by atoms with E-state index in [4.69, 9.17) is 0 Å². The average molecular weight is 164 g/mol. The Labute approximate surface area is 74.3 Å². The van der Waals surface area contributed by atoms with Crippen LogP contribution in [0.1, 0.15) is 13.8 Å². The lowest BCUT2D eigenvalue weighted by Gasteiger charge is -2.01. The normalized spacial score (nSPS) is 26.6. The minimum atomic E-state index is 1.02. The summed E-state index contributed by atoms with van der Waals surface area (Å²) in [5, 5.41) is 0. The van der Waals surface area contributed by atoms with Crippen molar-refractivity contribution in [2.24, 2.45) is 4.99 Å². The molecule has 0 bridgehead atoms. The lowest BCUT2D eigenvalue weighted by atomic mass is 10.1. The summed E-state index contributed by atoms with van der Waals surface area (Å²) in [6.45, 7) is 6.10. The molecule has 0 aromatic carbocycles. The fourth-order valence-corrected chi connectivity index (χ4v) is 1.41. The van der Waals surface area contributed by atoms with Gasteiger partial charge in [0.05, 0.1) is 0 Å². The van der Waals surface area contributed by atoms with Gasteiger partial charge in [0.1, 0.15) is 0 Å². The zero-order valence-corrected chi connectivity index (χ0v) is 8.04. The molecule has 2 nitrogen and oxygen atoms in total. The third-order valence-corrected chi connectivity index (χ3v) is 2.02. The Bertz CT molecular complexity index is 236. The fraction of sp³-hybridized carbons (Fsp3) is 0.500. The van der Waals surface area contributed by atoms with E-state index in [-0.39, 0.29) is 0 Å². The number of hydrogen-bond acceptors (Lipinski definition) is 2. The molecule has 1 aliphatic heterocycles. The predicted octanol–water partition coefficient (Wildman–Crippen LogP) is 1.85. The molecule has 0 spiro atoms. The number of nitrogens with zero attached hydrogens (tertiary/aromatic N) is 2. The van der Waals surface area contributed by atoms with Gasteiger partial charge < -0.3 is 0 Å². The molecule has 1 rings (SSSR count). The minimum Gasteiger partial charge on any atom is -0.298 e. The maximum absolute atomic E-state index is 4.13. The highest BCUT2D eigenvalue weighted by molar-refractivity contribution is 5.55. The number of allylic oxidation sites excluding steroid dienone is 1. The molecule has 1 fully saturated rings. The summed E-state index contributed by atoms with van der Waals surface area (Å²) in [6.07, 6.45) is 5.94. The van der Waals surface area contributed by atoms with Gasteiger partial charge in [-0.25, -0.2) is 0 Å². The second kappa shape index (κ2) is 4.21. The van der Waals surface area contributed by atoms with E-state index < -0.39 is 0 Å². The molecule has 1 aliphatic rings. The molecular weight excluding hydrogens is 148 g/mol. The number of aliphatic imine (C=N–C) groups is 1. The Morgan fingerprint density at radius 1 is 1.25 bits per heavy atom. The van der Waals surface area contributed by atoms with Gasteiger partial charge in [0.15, 0.2) is 0 Å². The van der Waals surface area contributed by atoms with Crippen LogP contribution in [0.15, 0.2) is 28.4 Å². The first kappa shape index (κ1) is 9.20. The van der Waals surface area contributed by atoms with Gasteiger partial charge in [-0.1, -0.05) is 6.08 Å². The van der Waals surface area contributed by atoms with Crippen molar-refractivity contribution in [1.29, 1.82) is 0 Å². The molecule has 12 heavy (non-hydrogen) atoms. The number of likely N-dealkylation sites (tertiary alicyclic amines) is 1. The van der Waals surface area contributed by atoms with Crippen LogP contribution in [-0.4, -0.2) is 31.3 Å². The second-order valence-electron chi connectivity index (χ2n) is 3.05. The van der Waals surface area contributed by atoms with Crippen LogP contribution in [-0.2, 0) is 0 Å². The van der Waals surface area contributed by atoms with Crippen molar-refractivity contribution in [1.82, 2.24) is 4.90 Å². The van der Waals surface area contributed by atoms with Gasteiger partial charge in [-0.2, -0.15) is 0 Å². The van der Waals surface area contributed by atoms with Crippen LogP contribution in [0.4, 0.5) is 0 Å². The van der Waals surface area contributed by atoms with Crippen LogP contribution >= 0.6 is 0 Å². The van der Waals surface area contributed by atoms with Crippen LogP contribution in [0, 0.1) is 0 Å². The quantitative estimate of drug-likeness (QED) is 0.540. The third kappa shape index (κ3) is 2.05. The highest BCUT2D eigenvalue weighted by atomic mass is 15.1. The number of rotatable bonds is 1. The molecule has 0 N–H and O–H groups in total. The molecule has 1 heterocycles. The zero-order valence-electron chi connectivity index (χ0n) is 8.04. The molecule has 0 atom stereocenters. The second-order valence-corrected chi connectivity index (χ2v) is 3.05. The average Bonchev–Trinajstić information content (AvgIpc) is 2.42. The van der Waals surface area contributed by atoms with E-state index in [9.17, 15) is 0 Å². The van der Waals surface area contributed by atoms with Crippen molar-refractivity contribution in [3.8, 4) is 0 Å². The van der Waals surface area contributed by atoms with Crippen molar-refractivity contribution in [2.45, 2.75) is 13.8 Å². The molecule has 0 aromatic heterocycles. The first-order chi connectivity index (χ1) is 5.77. The van der Waals surface area contributed by atoms with Crippen molar-refractivity contribution in [2.75, 3.05) is 20.1 Å². The van der Waals surface area contributed by atoms with E-state index in [0.29, 0.717) is 0 Å². The Kier molecular flexibility index (Phi) is 3.23. The number of likely N-dealkylation sites (N-methyl/N-ethyl adjacent to an activating group) is 1. The fourth-order valence-electron chi connectivity index (χ4n) is 1.41.